The number of hydrogen-bond donors (Lipinski definition) is 0. The summed E-state index contributed by atoms with van der Waals surface area (Å²) in [5.74, 6) is 0.329. The van der Waals surface area contributed by atoms with Gasteiger partial charge < -0.3 is 19.2 Å². The normalized spacial score (nSPS) is 22.8. The molecule has 0 N–H and O–H groups in total. The van der Waals surface area contributed by atoms with Gasteiger partial charge >= 0.3 is 0 Å². The van der Waals surface area contributed by atoms with Crippen LogP contribution >= 0.6 is 0 Å². The fourth-order valence-electron chi connectivity index (χ4n) is 2.49. The topological polar surface area (TPSA) is 55.8 Å². The van der Waals surface area contributed by atoms with Gasteiger partial charge in [0.1, 0.15) is 5.78 Å². The lowest BCUT2D eigenvalue weighted by molar-refractivity contribution is -0.133. The minimum Gasteiger partial charge on any atom is -0.383 e. The van der Waals surface area contributed by atoms with Crippen molar-refractivity contribution in [3.05, 3.63) is 0 Å². The third kappa shape index (κ3) is 5.28. The summed E-state index contributed by atoms with van der Waals surface area (Å²) in [4.78, 5) is 24.9. The average molecular weight is 271 g/mol. The number of ether oxygens (including phenoxy) is 2. The zero-order valence-electron chi connectivity index (χ0n) is 12.2. The van der Waals surface area contributed by atoms with Gasteiger partial charge in [-0.25, -0.2) is 0 Å². The molecule has 0 spiro atoms. The molecular formula is C14H25NO4. The second-order valence-electron chi connectivity index (χ2n) is 5.16. The van der Waals surface area contributed by atoms with Crippen LogP contribution in [-0.2, 0) is 19.1 Å². The molecule has 1 rings (SSSR count). The van der Waals surface area contributed by atoms with Gasteiger partial charge in [-0.2, -0.15) is 0 Å². The standard InChI is InChI=1S/C14H25NO4/c1-11(16)6-4-5-7-14(17)15-9-13(19-3)8-12(15)10-18-2/h12-13H,4-10H2,1-3H3/t12-,13+/m1/s1. The number of ketones is 1. The number of unbranched alkanes of at least 4 members (excludes halogenated alkanes) is 1. The van der Waals surface area contributed by atoms with Crippen molar-refractivity contribution in [2.45, 2.75) is 51.2 Å². The number of Topliss-reactive ketones (excluding diaryl/α,β-unsaturated/α-hetero) is 1. The van der Waals surface area contributed by atoms with Crippen LogP contribution in [0.1, 0.15) is 39.0 Å². The van der Waals surface area contributed by atoms with Crippen molar-refractivity contribution in [3.63, 3.8) is 0 Å². The number of carbonyl (C=O) groups is 2. The molecule has 1 aliphatic rings. The van der Waals surface area contributed by atoms with Gasteiger partial charge in [0.15, 0.2) is 0 Å². The second kappa shape index (κ2) is 8.27. The van der Waals surface area contributed by atoms with E-state index in [4.69, 9.17) is 9.47 Å². The average Bonchev–Trinajstić information content (AvgIpc) is 2.78. The molecule has 0 unspecified atom stereocenters. The van der Waals surface area contributed by atoms with Gasteiger partial charge in [-0.15, -0.1) is 0 Å². The van der Waals surface area contributed by atoms with Crippen LogP contribution in [-0.4, -0.2) is 56.1 Å². The van der Waals surface area contributed by atoms with E-state index in [2.05, 4.69) is 0 Å². The molecule has 0 aromatic carbocycles. The van der Waals surface area contributed by atoms with Crippen molar-refractivity contribution in [1.29, 1.82) is 0 Å². The van der Waals surface area contributed by atoms with Gasteiger partial charge in [0, 0.05) is 33.6 Å². The van der Waals surface area contributed by atoms with Gasteiger partial charge in [0.05, 0.1) is 18.8 Å². The second-order valence-corrected chi connectivity index (χ2v) is 5.16. The van der Waals surface area contributed by atoms with E-state index >= 15 is 0 Å². The van der Waals surface area contributed by atoms with Gasteiger partial charge in [-0.1, -0.05) is 0 Å². The van der Waals surface area contributed by atoms with Crippen molar-refractivity contribution in [1.82, 2.24) is 4.90 Å². The minimum atomic E-state index is 0.112. The summed E-state index contributed by atoms with van der Waals surface area (Å²) in [5.41, 5.74) is 0. The third-order valence-corrected chi connectivity index (χ3v) is 3.56. The van der Waals surface area contributed by atoms with Crippen LogP contribution < -0.4 is 0 Å². The van der Waals surface area contributed by atoms with E-state index < -0.39 is 0 Å². The van der Waals surface area contributed by atoms with E-state index in [1.807, 2.05) is 4.90 Å². The molecule has 5 heteroatoms. The van der Waals surface area contributed by atoms with Crippen LogP contribution in [0.2, 0.25) is 0 Å². The number of hydrogen-bond acceptors (Lipinski definition) is 4. The molecule has 0 bridgehead atoms. The lowest BCUT2D eigenvalue weighted by Gasteiger charge is -2.23. The molecule has 1 fully saturated rings. The number of rotatable bonds is 8. The smallest absolute Gasteiger partial charge is 0.222 e. The number of likely N-dealkylation sites (tertiary alicyclic amines) is 1. The van der Waals surface area contributed by atoms with Crippen LogP contribution in [0.25, 0.3) is 0 Å². The maximum atomic E-state index is 12.2. The molecule has 19 heavy (non-hydrogen) atoms. The number of methoxy groups -OCH3 is 2. The minimum absolute atomic E-state index is 0.112. The van der Waals surface area contributed by atoms with Crippen molar-refractivity contribution < 1.29 is 19.1 Å². The highest BCUT2D eigenvalue weighted by atomic mass is 16.5. The van der Waals surface area contributed by atoms with E-state index in [0.717, 1.165) is 19.3 Å². The first-order valence-corrected chi connectivity index (χ1v) is 6.89. The van der Waals surface area contributed by atoms with E-state index in [9.17, 15) is 9.59 Å². The number of carbonyl (C=O) groups excluding carboxylic acids is 2. The Morgan fingerprint density at radius 3 is 2.47 bits per heavy atom. The summed E-state index contributed by atoms with van der Waals surface area (Å²) < 4.78 is 10.5. The van der Waals surface area contributed by atoms with Crippen LogP contribution in [0.5, 0.6) is 0 Å². The van der Waals surface area contributed by atoms with Crippen LogP contribution in [0.3, 0.4) is 0 Å². The quantitative estimate of drug-likeness (QED) is 0.626. The molecule has 5 nitrogen and oxygen atoms in total. The highest BCUT2D eigenvalue weighted by Gasteiger charge is 2.34. The Hall–Kier alpha value is -0.940. The fourth-order valence-corrected chi connectivity index (χ4v) is 2.49. The SMILES string of the molecule is COC[C@H]1C[C@H](OC)CN1C(=O)CCCCC(C)=O. The summed E-state index contributed by atoms with van der Waals surface area (Å²) in [7, 11) is 3.32. The molecule has 0 radical (unpaired) electrons. The number of amides is 1. The Kier molecular flexibility index (Phi) is 7.02. The molecule has 1 aliphatic heterocycles. The molecule has 110 valence electrons. The van der Waals surface area contributed by atoms with Crippen molar-refractivity contribution in [3.8, 4) is 0 Å². The molecule has 1 saturated heterocycles. The largest absolute Gasteiger partial charge is 0.383 e. The Bertz CT molecular complexity index is 306. The summed E-state index contributed by atoms with van der Waals surface area (Å²) in [5, 5.41) is 0. The third-order valence-electron chi connectivity index (χ3n) is 3.56. The van der Waals surface area contributed by atoms with Crippen LogP contribution in [0.15, 0.2) is 0 Å². The highest BCUT2D eigenvalue weighted by molar-refractivity contribution is 5.77. The lowest BCUT2D eigenvalue weighted by Crippen LogP contribution is -2.38. The fraction of sp³-hybridized carbons (Fsp3) is 0.857. The highest BCUT2D eigenvalue weighted by Crippen LogP contribution is 2.21. The van der Waals surface area contributed by atoms with E-state index in [-0.39, 0.29) is 23.8 Å². The first-order valence-electron chi connectivity index (χ1n) is 6.89. The maximum absolute atomic E-state index is 12.2. The summed E-state index contributed by atoms with van der Waals surface area (Å²) >= 11 is 0. The lowest BCUT2D eigenvalue weighted by atomic mass is 10.1. The maximum Gasteiger partial charge on any atom is 0.222 e. The molecule has 0 aromatic rings. The Labute approximate surface area is 115 Å². The van der Waals surface area contributed by atoms with E-state index in [1.165, 1.54) is 0 Å². The van der Waals surface area contributed by atoms with E-state index in [1.54, 1.807) is 21.1 Å². The van der Waals surface area contributed by atoms with Crippen molar-refractivity contribution in [2.75, 3.05) is 27.4 Å². The van der Waals surface area contributed by atoms with E-state index in [0.29, 0.717) is 26.0 Å². The summed E-state index contributed by atoms with van der Waals surface area (Å²) in [6.07, 6.45) is 3.58. The Morgan fingerprint density at radius 2 is 1.89 bits per heavy atom. The molecule has 1 amide bonds. The molecule has 1 heterocycles. The molecule has 0 aliphatic carbocycles. The summed E-state index contributed by atoms with van der Waals surface area (Å²) in [6, 6.07) is 0.121. The van der Waals surface area contributed by atoms with Crippen LogP contribution in [0.4, 0.5) is 0 Å². The zero-order valence-corrected chi connectivity index (χ0v) is 12.2. The summed E-state index contributed by atoms with van der Waals surface area (Å²) in [6.45, 7) is 2.79. The first-order chi connectivity index (χ1) is 9.08. The molecule has 0 saturated carbocycles. The number of nitrogens with zero attached hydrogens (tertiary/aromatic N) is 1. The molecule has 2 atom stereocenters. The van der Waals surface area contributed by atoms with Gasteiger partial charge in [-0.3, -0.25) is 4.79 Å². The van der Waals surface area contributed by atoms with Crippen molar-refractivity contribution in [2.24, 2.45) is 0 Å². The molecular weight excluding hydrogens is 246 g/mol. The predicted octanol–water partition coefficient (Wildman–Crippen LogP) is 1.40. The van der Waals surface area contributed by atoms with Gasteiger partial charge in [0.25, 0.3) is 0 Å². The Balaban J connectivity index is 2.38. The predicted molar refractivity (Wildman–Crippen MR) is 71.9 cm³/mol. The zero-order chi connectivity index (χ0) is 14.3. The molecule has 0 aromatic heterocycles. The van der Waals surface area contributed by atoms with Gasteiger partial charge in [-0.05, 0) is 26.2 Å². The van der Waals surface area contributed by atoms with Crippen LogP contribution in [0, 0.1) is 0 Å². The van der Waals surface area contributed by atoms with Crippen molar-refractivity contribution >= 4 is 11.7 Å². The monoisotopic (exact) mass is 271 g/mol. The van der Waals surface area contributed by atoms with Gasteiger partial charge in [0.2, 0.25) is 5.91 Å². The Morgan fingerprint density at radius 1 is 1.21 bits per heavy atom. The first kappa shape index (κ1) is 16.1.